The van der Waals surface area contributed by atoms with Gasteiger partial charge in [-0.1, -0.05) is 12.1 Å². The van der Waals surface area contributed by atoms with Crippen LogP contribution in [0.4, 0.5) is 11.4 Å². The standard InChI is InChI=1S/C17H16N4O5/c1-18-16(23)11-4-2-6-13(8-11)20-15(22)10-19-17(24)12-5-3-7-14(9-12)21(25)26/h2-9H,10H2,1H3,(H,18,23)(H,19,24)(H,20,22). The monoisotopic (exact) mass is 356 g/mol. The molecule has 0 aliphatic carbocycles. The molecule has 3 amide bonds. The van der Waals surface area contributed by atoms with Crippen LogP contribution in [0.15, 0.2) is 48.5 Å². The molecule has 2 rings (SSSR count). The summed E-state index contributed by atoms with van der Waals surface area (Å²) >= 11 is 0. The normalized spacial score (nSPS) is 9.88. The van der Waals surface area contributed by atoms with E-state index >= 15 is 0 Å². The second kappa shape index (κ2) is 8.38. The number of nitrogens with one attached hydrogen (secondary N) is 3. The van der Waals surface area contributed by atoms with Crippen LogP contribution in [0.1, 0.15) is 20.7 Å². The highest BCUT2D eigenvalue weighted by Crippen LogP contribution is 2.13. The number of carbonyl (C=O) groups excluding carboxylic acids is 3. The Kier molecular flexibility index (Phi) is 5.99. The van der Waals surface area contributed by atoms with Crippen LogP contribution < -0.4 is 16.0 Å². The fourth-order valence-corrected chi connectivity index (χ4v) is 2.11. The van der Waals surface area contributed by atoms with Crippen LogP contribution in [0.5, 0.6) is 0 Å². The van der Waals surface area contributed by atoms with Crippen molar-refractivity contribution in [2.24, 2.45) is 0 Å². The second-order valence-corrected chi connectivity index (χ2v) is 5.20. The molecule has 0 saturated heterocycles. The van der Waals surface area contributed by atoms with Crippen molar-refractivity contribution in [1.82, 2.24) is 10.6 Å². The predicted octanol–water partition coefficient (Wildman–Crippen LogP) is 1.32. The molecule has 0 bridgehead atoms. The first-order chi connectivity index (χ1) is 12.4. The molecule has 0 spiro atoms. The zero-order valence-corrected chi connectivity index (χ0v) is 13.8. The molecule has 2 aromatic rings. The number of rotatable bonds is 6. The fraction of sp³-hybridized carbons (Fsp3) is 0.118. The molecule has 0 radical (unpaired) electrons. The highest BCUT2D eigenvalue weighted by molar-refractivity contribution is 6.00. The van der Waals surface area contributed by atoms with Gasteiger partial charge < -0.3 is 16.0 Å². The number of hydrogen-bond donors (Lipinski definition) is 3. The molecule has 9 heteroatoms. The van der Waals surface area contributed by atoms with Gasteiger partial charge in [0.15, 0.2) is 0 Å². The fourth-order valence-electron chi connectivity index (χ4n) is 2.11. The summed E-state index contributed by atoms with van der Waals surface area (Å²) in [5, 5.41) is 18.1. The first kappa shape index (κ1) is 18.6. The summed E-state index contributed by atoms with van der Waals surface area (Å²) in [7, 11) is 1.50. The van der Waals surface area contributed by atoms with E-state index in [4.69, 9.17) is 0 Å². The van der Waals surface area contributed by atoms with Crippen molar-refractivity contribution in [3.8, 4) is 0 Å². The number of amides is 3. The van der Waals surface area contributed by atoms with Crippen LogP contribution in [0.25, 0.3) is 0 Å². The summed E-state index contributed by atoms with van der Waals surface area (Å²) in [5.41, 5.74) is 0.647. The van der Waals surface area contributed by atoms with Crippen LogP contribution in [0, 0.1) is 10.1 Å². The van der Waals surface area contributed by atoms with Gasteiger partial charge in [-0.15, -0.1) is 0 Å². The molecular formula is C17H16N4O5. The lowest BCUT2D eigenvalue weighted by atomic mass is 10.2. The van der Waals surface area contributed by atoms with Gasteiger partial charge in [-0.25, -0.2) is 0 Å². The van der Waals surface area contributed by atoms with Crippen molar-refractivity contribution in [3.05, 3.63) is 69.8 Å². The Balaban J connectivity index is 1.94. The van der Waals surface area contributed by atoms with E-state index in [0.29, 0.717) is 11.3 Å². The summed E-state index contributed by atoms with van der Waals surface area (Å²) < 4.78 is 0. The number of nitro groups is 1. The van der Waals surface area contributed by atoms with Gasteiger partial charge in [-0.05, 0) is 24.3 Å². The third kappa shape index (κ3) is 4.87. The van der Waals surface area contributed by atoms with E-state index in [-0.39, 0.29) is 23.7 Å². The molecule has 0 aromatic heterocycles. The van der Waals surface area contributed by atoms with E-state index in [1.54, 1.807) is 18.2 Å². The highest BCUT2D eigenvalue weighted by atomic mass is 16.6. The molecular weight excluding hydrogens is 340 g/mol. The lowest BCUT2D eigenvalue weighted by Crippen LogP contribution is -2.32. The number of carbonyl (C=O) groups is 3. The van der Waals surface area contributed by atoms with Crippen molar-refractivity contribution in [3.63, 3.8) is 0 Å². The SMILES string of the molecule is CNC(=O)c1cccc(NC(=O)CNC(=O)c2cccc([N+](=O)[O-])c2)c1. The molecule has 0 fully saturated rings. The Morgan fingerprint density at radius 3 is 2.31 bits per heavy atom. The van der Waals surface area contributed by atoms with Gasteiger partial charge in [0.05, 0.1) is 11.5 Å². The van der Waals surface area contributed by atoms with Crippen LogP contribution >= 0.6 is 0 Å². The molecule has 0 unspecified atom stereocenters. The second-order valence-electron chi connectivity index (χ2n) is 5.20. The third-order valence-corrected chi connectivity index (χ3v) is 3.36. The lowest BCUT2D eigenvalue weighted by molar-refractivity contribution is -0.384. The Bertz CT molecular complexity index is 866. The molecule has 0 saturated carbocycles. The minimum atomic E-state index is -0.608. The van der Waals surface area contributed by atoms with E-state index in [1.165, 1.54) is 31.3 Å². The maximum Gasteiger partial charge on any atom is 0.270 e. The molecule has 0 atom stereocenters. The number of nitro benzene ring substituents is 1. The zero-order valence-electron chi connectivity index (χ0n) is 13.8. The van der Waals surface area contributed by atoms with Gasteiger partial charge in [-0.3, -0.25) is 24.5 Å². The van der Waals surface area contributed by atoms with E-state index in [1.807, 2.05) is 0 Å². The van der Waals surface area contributed by atoms with E-state index in [9.17, 15) is 24.5 Å². The van der Waals surface area contributed by atoms with Crippen molar-refractivity contribution in [2.75, 3.05) is 18.9 Å². The number of anilines is 1. The summed E-state index contributed by atoms with van der Waals surface area (Å²) in [6.45, 7) is -0.328. The maximum atomic E-state index is 12.0. The number of nitrogens with zero attached hydrogens (tertiary/aromatic N) is 1. The number of hydrogen-bond acceptors (Lipinski definition) is 5. The molecule has 2 aromatic carbocycles. The maximum absolute atomic E-state index is 12.0. The Hall–Kier alpha value is -3.75. The first-order valence-corrected chi connectivity index (χ1v) is 7.55. The predicted molar refractivity (Wildman–Crippen MR) is 93.9 cm³/mol. The van der Waals surface area contributed by atoms with Gasteiger partial charge in [0.2, 0.25) is 5.91 Å². The smallest absolute Gasteiger partial charge is 0.270 e. The molecule has 0 heterocycles. The topological polar surface area (TPSA) is 130 Å². The van der Waals surface area contributed by atoms with Gasteiger partial charge in [0, 0.05) is 36.0 Å². The zero-order chi connectivity index (χ0) is 19.1. The molecule has 0 aliphatic heterocycles. The number of non-ortho nitro benzene ring substituents is 1. The first-order valence-electron chi connectivity index (χ1n) is 7.55. The molecule has 3 N–H and O–H groups in total. The van der Waals surface area contributed by atoms with E-state index in [0.717, 1.165) is 6.07 Å². The minimum Gasteiger partial charge on any atom is -0.355 e. The largest absolute Gasteiger partial charge is 0.355 e. The quantitative estimate of drug-likeness (QED) is 0.531. The van der Waals surface area contributed by atoms with Crippen molar-refractivity contribution in [1.29, 1.82) is 0 Å². The Morgan fingerprint density at radius 1 is 1.00 bits per heavy atom. The summed E-state index contributed by atoms with van der Waals surface area (Å²) in [4.78, 5) is 45.6. The van der Waals surface area contributed by atoms with Crippen molar-refractivity contribution < 1.29 is 19.3 Å². The molecule has 0 aliphatic rings. The highest BCUT2D eigenvalue weighted by Gasteiger charge is 2.13. The van der Waals surface area contributed by atoms with E-state index in [2.05, 4.69) is 16.0 Å². The van der Waals surface area contributed by atoms with Crippen LogP contribution in [0.2, 0.25) is 0 Å². The van der Waals surface area contributed by atoms with Crippen LogP contribution in [-0.2, 0) is 4.79 Å². The average molecular weight is 356 g/mol. The van der Waals surface area contributed by atoms with Crippen LogP contribution in [-0.4, -0.2) is 36.2 Å². The average Bonchev–Trinajstić information content (AvgIpc) is 2.65. The Labute approximate surface area is 148 Å². The van der Waals surface area contributed by atoms with Gasteiger partial charge in [0.25, 0.3) is 17.5 Å². The summed E-state index contributed by atoms with van der Waals surface area (Å²) in [6.07, 6.45) is 0. The molecule has 9 nitrogen and oxygen atoms in total. The van der Waals surface area contributed by atoms with Gasteiger partial charge in [-0.2, -0.15) is 0 Å². The van der Waals surface area contributed by atoms with E-state index < -0.39 is 16.7 Å². The van der Waals surface area contributed by atoms with Crippen molar-refractivity contribution in [2.45, 2.75) is 0 Å². The summed E-state index contributed by atoms with van der Waals surface area (Å²) in [5.74, 6) is -1.40. The van der Waals surface area contributed by atoms with Crippen molar-refractivity contribution >= 4 is 29.1 Å². The van der Waals surface area contributed by atoms with Crippen LogP contribution in [0.3, 0.4) is 0 Å². The minimum absolute atomic E-state index is 0.0774. The summed E-state index contributed by atoms with van der Waals surface area (Å²) in [6, 6.07) is 11.5. The molecule has 26 heavy (non-hydrogen) atoms. The molecule has 134 valence electrons. The third-order valence-electron chi connectivity index (χ3n) is 3.36. The number of benzene rings is 2. The van der Waals surface area contributed by atoms with Gasteiger partial charge >= 0.3 is 0 Å². The Morgan fingerprint density at radius 2 is 1.65 bits per heavy atom. The van der Waals surface area contributed by atoms with Gasteiger partial charge in [0.1, 0.15) is 0 Å². The lowest BCUT2D eigenvalue weighted by Gasteiger charge is -2.08.